The zero-order chi connectivity index (χ0) is 9.14. The SMILES string of the molecule is CC(C)C(CN)N1CCCC1=O. The number of hydrogen-bond donors (Lipinski definition) is 1. The Morgan fingerprint density at radius 2 is 2.25 bits per heavy atom. The van der Waals surface area contributed by atoms with Crippen molar-refractivity contribution in [3.05, 3.63) is 0 Å². The molecule has 0 aromatic carbocycles. The van der Waals surface area contributed by atoms with E-state index in [1.165, 1.54) is 0 Å². The molecule has 0 radical (unpaired) electrons. The van der Waals surface area contributed by atoms with Crippen molar-refractivity contribution in [1.82, 2.24) is 4.90 Å². The van der Waals surface area contributed by atoms with Crippen LogP contribution in [-0.2, 0) is 4.79 Å². The highest BCUT2D eigenvalue weighted by Gasteiger charge is 2.28. The lowest BCUT2D eigenvalue weighted by molar-refractivity contribution is -0.130. The van der Waals surface area contributed by atoms with Gasteiger partial charge in [-0.15, -0.1) is 0 Å². The maximum Gasteiger partial charge on any atom is 0.222 e. The van der Waals surface area contributed by atoms with Gasteiger partial charge in [0, 0.05) is 25.6 Å². The van der Waals surface area contributed by atoms with Gasteiger partial charge >= 0.3 is 0 Å². The fraction of sp³-hybridized carbons (Fsp3) is 0.889. The predicted octanol–water partition coefficient (Wildman–Crippen LogP) is 0.592. The van der Waals surface area contributed by atoms with E-state index in [0.29, 0.717) is 18.9 Å². The molecule has 0 aliphatic carbocycles. The molecule has 1 amide bonds. The van der Waals surface area contributed by atoms with Crippen LogP contribution in [0.5, 0.6) is 0 Å². The van der Waals surface area contributed by atoms with Crippen molar-refractivity contribution < 1.29 is 4.79 Å². The van der Waals surface area contributed by atoms with E-state index in [0.717, 1.165) is 13.0 Å². The molecule has 3 heteroatoms. The van der Waals surface area contributed by atoms with Crippen molar-refractivity contribution >= 4 is 5.91 Å². The average Bonchev–Trinajstić information content (AvgIpc) is 2.38. The molecule has 1 aliphatic heterocycles. The number of nitrogens with zero attached hydrogens (tertiary/aromatic N) is 1. The van der Waals surface area contributed by atoms with Crippen molar-refractivity contribution in [2.75, 3.05) is 13.1 Å². The van der Waals surface area contributed by atoms with E-state index in [1.807, 2.05) is 4.90 Å². The van der Waals surface area contributed by atoms with Crippen molar-refractivity contribution in [2.24, 2.45) is 11.7 Å². The first-order valence-electron chi connectivity index (χ1n) is 4.66. The topological polar surface area (TPSA) is 46.3 Å². The van der Waals surface area contributed by atoms with Gasteiger partial charge in [0.15, 0.2) is 0 Å². The number of hydrogen-bond acceptors (Lipinski definition) is 2. The zero-order valence-corrected chi connectivity index (χ0v) is 7.92. The molecule has 1 fully saturated rings. The highest BCUT2D eigenvalue weighted by atomic mass is 16.2. The van der Waals surface area contributed by atoms with Gasteiger partial charge in [0.1, 0.15) is 0 Å². The first-order chi connectivity index (χ1) is 5.66. The smallest absolute Gasteiger partial charge is 0.222 e. The minimum atomic E-state index is 0.250. The Morgan fingerprint density at radius 3 is 2.58 bits per heavy atom. The van der Waals surface area contributed by atoms with Crippen LogP contribution in [-0.4, -0.2) is 29.9 Å². The molecule has 1 rings (SSSR count). The van der Waals surface area contributed by atoms with E-state index in [4.69, 9.17) is 5.73 Å². The summed E-state index contributed by atoms with van der Waals surface area (Å²) >= 11 is 0. The van der Waals surface area contributed by atoms with Crippen molar-refractivity contribution in [3.8, 4) is 0 Å². The van der Waals surface area contributed by atoms with E-state index < -0.39 is 0 Å². The van der Waals surface area contributed by atoms with Crippen LogP contribution in [0.25, 0.3) is 0 Å². The van der Waals surface area contributed by atoms with Crippen molar-refractivity contribution in [1.29, 1.82) is 0 Å². The molecule has 2 N–H and O–H groups in total. The summed E-state index contributed by atoms with van der Waals surface area (Å²) in [6, 6.07) is 0.250. The summed E-state index contributed by atoms with van der Waals surface area (Å²) in [4.78, 5) is 13.3. The van der Waals surface area contributed by atoms with Crippen LogP contribution in [0.1, 0.15) is 26.7 Å². The Morgan fingerprint density at radius 1 is 1.58 bits per heavy atom. The summed E-state index contributed by atoms with van der Waals surface area (Å²) in [7, 11) is 0. The number of likely N-dealkylation sites (tertiary alicyclic amines) is 1. The molecular weight excluding hydrogens is 152 g/mol. The van der Waals surface area contributed by atoms with Crippen LogP contribution in [0.4, 0.5) is 0 Å². The third kappa shape index (κ3) is 1.78. The van der Waals surface area contributed by atoms with Gasteiger partial charge in [0.05, 0.1) is 0 Å². The Balaban J connectivity index is 2.58. The van der Waals surface area contributed by atoms with Gasteiger partial charge in [-0.3, -0.25) is 4.79 Å². The summed E-state index contributed by atoms with van der Waals surface area (Å²) in [6.45, 7) is 5.72. The second-order valence-corrected chi connectivity index (χ2v) is 3.74. The highest BCUT2D eigenvalue weighted by molar-refractivity contribution is 5.78. The zero-order valence-electron chi connectivity index (χ0n) is 7.92. The maximum absolute atomic E-state index is 11.3. The summed E-state index contributed by atoms with van der Waals surface area (Å²) in [5, 5.41) is 0. The van der Waals surface area contributed by atoms with E-state index in [-0.39, 0.29) is 11.9 Å². The summed E-state index contributed by atoms with van der Waals surface area (Å²) in [5.41, 5.74) is 5.62. The van der Waals surface area contributed by atoms with Gasteiger partial charge in [-0.25, -0.2) is 0 Å². The maximum atomic E-state index is 11.3. The molecule has 0 aromatic heterocycles. The number of carbonyl (C=O) groups excluding carboxylic acids is 1. The summed E-state index contributed by atoms with van der Waals surface area (Å²) in [6.07, 6.45) is 1.71. The molecular formula is C9H18N2O. The van der Waals surface area contributed by atoms with Gasteiger partial charge < -0.3 is 10.6 Å². The van der Waals surface area contributed by atoms with Crippen LogP contribution in [0.15, 0.2) is 0 Å². The lowest BCUT2D eigenvalue weighted by atomic mass is 10.0. The molecule has 3 nitrogen and oxygen atoms in total. The van der Waals surface area contributed by atoms with Gasteiger partial charge in [-0.1, -0.05) is 13.8 Å². The quantitative estimate of drug-likeness (QED) is 0.674. The van der Waals surface area contributed by atoms with Gasteiger partial charge in [-0.05, 0) is 12.3 Å². The van der Waals surface area contributed by atoms with Crippen LogP contribution in [0.2, 0.25) is 0 Å². The van der Waals surface area contributed by atoms with Gasteiger partial charge in [0.25, 0.3) is 0 Å². The predicted molar refractivity (Wildman–Crippen MR) is 48.6 cm³/mol. The van der Waals surface area contributed by atoms with Crippen LogP contribution in [0.3, 0.4) is 0 Å². The molecule has 1 atom stereocenters. The second kappa shape index (κ2) is 3.90. The molecule has 12 heavy (non-hydrogen) atoms. The van der Waals surface area contributed by atoms with Crippen LogP contribution in [0, 0.1) is 5.92 Å². The van der Waals surface area contributed by atoms with Crippen molar-refractivity contribution in [2.45, 2.75) is 32.7 Å². The fourth-order valence-electron chi connectivity index (χ4n) is 1.78. The van der Waals surface area contributed by atoms with E-state index in [9.17, 15) is 4.79 Å². The lowest BCUT2D eigenvalue weighted by Gasteiger charge is -2.29. The standard InChI is InChI=1S/C9H18N2O/c1-7(2)8(6-10)11-5-3-4-9(11)12/h7-8H,3-6,10H2,1-2H3. The van der Waals surface area contributed by atoms with Crippen LogP contribution >= 0.6 is 0 Å². The normalized spacial score (nSPS) is 20.7. The Bertz CT molecular complexity index is 168. The molecule has 0 aromatic rings. The third-order valence-electron chi connectivity index (χ3n) is 2.52. The minimum absolute atomic E-state index is 0.250. The number of nitrogens with two attached hydrogens (primary N) is 1. The monoisotopic (exact) mass is 170 g/mol. The molecule has 1 aliphatic rings. The van der Waals surface area contributed by atoms with Gasteiger partial charge in [-0.2, -0.15) is 0 Å². The van der Waals surface area contributed by atoms with Crippen molar-refractivity contribution in [3.63, 3.8) is 0 Å². The molecule has 70 valence electrons. The lowest BCUT2D eigenvalue weighted by Crippen LogP contribution is -2.44. The number of rotatable bonds is 3. The van der Waals surface area contributed by atoms with E-state index >= 15 is 0 Å². The van der Waals surface area contributed by atoms with E-state index in [2.05, 4.69) is 13.8 Å². The second-order valence-electron chi connectivity index (χ2n) is 3.74. The Labute approximate surface area is 73.9 Å². The Kier molecular flexibility index (Phi) is 3.09. The van der Waals surface area contributed by atoms with E-state index in [1.54, 1.807) is 0 Å². The first kappa shape index (κ1) is 9.52. The molecule has 1 saturated heterocycles. The number of amides is 1. The largest absolute Gasteiger partial charge is 0.338 e. The van der Waals surface area contributed by atoms with Crippen LogP contribution < -0.4 is 5.73 Å². The summed E-state index contributed by atoms with van der Waals surface area (Å²) in [5.74, 6) is 0.746. The first-order valence-corrected chi connectivity index (χ1v) is 4.66. The molecule has 0 spiro atoms. The average molecular weight is 170 g/mol. The molecule has 1 unspecified atom stereocenters. The fourth-order valence-corrected chi connectivity index (χ4v) is 1.78. The molecule has 0 saturated carbocycles. The highest BCUT2D eigenvalue weighted by Crippen LogP contribution is 2.17. The summed E-state index contributed by atoms with van der Waals surface area (Å²) < 4.78 is 0. The minimum Gasteiger partial charge on any atom is -0.338 e. The molecule has 1 heterocycles. The molecule has 0 bridgehead atoms. The van der Waals surface area contributed by atoms with Gasteiger partial charge in [0.2, 0.25) is 5.91 Å². The third-order valence-corrected chi connectivity index (χ3v) is 2.52. The number of carbonyl (C=O) groups is 1. The Hall–Kier alpha value is -0.570.